The summed E-state index contributed by atoms with van der Waals surface area (Å²) in [4.78, 5) is 40.7. The number of hydrogen-bond donors (Lipinski definition) is 3. The van der Waals surface area contributed by atoms with Crippen LogP contribution >= 0.6 is 8.86 Å². The molecule has 1 heterocycles. The van der Waals surface area contributed by atoms with E-state index in [1.165, 1.54) is 23.5 Å². The van der Waals surface area contributed by atoms with Gasteiger partial charge >= 0.3 is 6.18 Å². The third-order valence-electron chi connectivity index (χ3n) is 7.70. The Labute approximate surface area is 233 Å². The highest BCUT2D eigenvalue weighted by atomic mass is 31.0. The molecule has 1 saturated heterocycles. The van der Waals surface area contributed by atoms with Gasteiger partial charge in [0.15, 0.2) is 0 Å². The second-order valence-corrected chi connectivity index (χ2v) is 11.3. The number of nitrogens with one attached hydrogen (secondary N) is 2. The van der Waals surface area contributed by atoms with Gasteiger partial charge < -0.3 is 21.3 Å². The topological polar surface area (TPSA) is 105 Å². The number of aryl methyl sites for hydroxylation is 1. The fraction of sp³-hybridized carbons (Fsp3) is 0.448. The molecular weight excluding hydrogens is 540 g/mol. The molecule has 4 rings (SSSR count). The first-order chi connectivity index (χ1) is 18.9. The molecule has 2 aromatic rings. The van der Waals surface area contributed by atoms with Crippen LogP contribution in [0.3, 0.4) is 0 Å². The van der Waals surface area contributed by atoms with Crippen molar-refractivity contribution in [2.75, 3.05) is 12.3 Å². The van der Waals surface area contributed by atoms with E-state index in [4.69, 9.17) is 5.73 Å². The van der Waals surface area contributed by atoms with Crippen molar-refractivity contribution >= 4 is 37.6 Å². The van der Waals surface area contributed by atoms with Crippen molar-refractivity contribution < 1.29 is 27.6 Å². The number of amides is 3. The van der Waals surface area contributed by atoms with E-state index in [-0.39, 0.29) is 23.4 Å². The summed E-state index contributed by atoms with van der Waals surface area (Å²) in [5, 5.41) is 6.78. The van der Waals surface area contributed by atoms with Crippen LogP contribution in [0, 0.1) is 5.92 Å². The summed E-state index contributed by atoms with van der Waals surface area (Å²) in [7, 11) is 3.68. The number of halogens is 3. The van der Waals surface area contributed by atoms with Crippen LogP contribution < -0.4 is 16.4 Å². The molecule has 0 spiro atoms. The van der Waals surface area contributed by atoms with E-state index >= 15 is 0 Å². The van der Waals surface area contributed by atoms with Gasteiger partial charge in [-0.3, -0.25) is 14.4 Å². The van der Waals surface area contributed by atoms with Gasteiger partial charge in [-0.15, -0.1) is 8.86 Å². The van der Waals surface area contributed by atoms with Gasteiger partial charge in [0.25, 0.3) is 5.91 Å². The maximum absolute atomic E-state index is 13.3. The standard InChI is InChI=1S/C29H34F3N4O3P/c1-17(34-26(37)20-11-12-23(33)22(15-20)29(30,31)32)28(39)36-13-5-8-25(36)27(38)35-24-16-21(40)14-19(24)10-9-18-6-3-2-4-7-18/h2-4,6-7,11-12,15,17,19,24-25,40H,5,8-10,13-14,16,33H2,1H3,(H,34,37)(H,35,38). The molecule has 4 N–H and O–H groups in total. The summed E-state index contributed by atoms with van der Waals surface area (Å²) in [5.41, 5.74) is 4.79. The van der Waals surface area contributed by atoms with E-state index < -0.39 is 41.3 Å². The Hall–Kier alpha value is -3.39. The van der Waals surface area contributed by atoms with E-state index in [0.29, 0.717) is 25.5 Å². The summed E-state index contributed by atoms with van der Waals surface area (Å²) in [5.74, 6) is -1.26. The van der Waals surface area contributed by atoms with E-state index in [1.807, 2.05) is 18.2 Å². The van der Waals surface area contributed by atoms with Gasteiger partial charge in [-0.25, -0.2) is 0 Å². The molecule has 0 radical (unpaired) electrons. The fourth-order valence-electron chi connectivity index (χ4n) is 5.56. The van der Waals surface area contributed by atoms with Gasteiger partial charge in [-0.2, -0.15) is 13.2 Å². The molecule has 3 amide bonds. The van der Waals surface area contributed by atoms with Crippen LogP contribution in [-0.4, -0.2) is 52.6 Å². The Morgan fingerprint density at radius 1 is 1.12 bits per heavy atom. The highest BCUT2D eigenvalue weighted by molar-refractivity contribution is 7.21. The Morgan fingerprint density at radius 3 is 2.55 bits per heavy atom. The highest BCUT2D eigenvalue weighted by Crippen LogP contribution is 2.34. The molecule has 214 valence electrons. The first-order valence-electron chi connectivity index (χ1n) is 13.4. The summed E-state index contributed by atoms with van der Waals surface area (Å²) in [6.45, 7) is 1.81. The van der Waals surface area contributed by atoms with Gasteiger partial charge in [0.05, 0.1) is 5.56 Å². The lowest BCUT2D eigenvalue weighted by atomic mass is 9.94. The van der Waals surface area contributed by atoms with Crippen LogP contribution in [0.2, 0.25) is 0 Å². The van der Waals surface area contributed by atoms with Crippen LogP contribution in [-0.2, 0) is 22.2 Å². The van der Waals surface area contributed by atoms with Gasteiger partial charge in [-0.1, -0.05) is 30.3 Å². The number of benzene rings is 2. The molecule has 1 aliphatic heterocycles. The second kappa shape index (κ2) is 12.4. The molecule has 2 aromatic carbocycles. The van der Waals surface area contributed by atoms with Crippen molar-refractivity contribution in [1.82, 2.24) is 15.5 Å². The smallest absolute Gasteiger partial charge is 0.398 e. The number of nitrogens with zero attached hydrogens (tertiary/aromatic N) is 1. The number of likely N-dealkylation sites (tertiary alicyclic amines) is 1. The number of nitrogens with two attached hydrogens (primary N) is 1. The first kappa shape index (κ1) is 29.6. The molecule has 4 unspecified atom stereocenters. The van der Waals surface area contributed by atoms with Crippen molar-refractivity contribution in [3.05, 3.63) is 65.2 Å². The third kappa shape index (κ3) is 7.02. The normalized spacial score (nSPS) is 21.8. The lowest BCUT2D eigenvalue weighted by molar-refractivity contribution is -0.139. The largest absolute Gasteiger partial charge is 0.418 e. The molecule has 1 aliphatic carbocycles. The molecule has 2 aliphatic rings. The Bertz CT molecular complexity index is 1270. The molecule has 0 aromatic heterocycles. The van der Waals surface area contributed by atoms with Crippen molar-refractivity contribution in [3.8, 4) is 0 Å². The number of hydrogen-bond acceptors (Lipinski definition) is 4. The van der Waals surface area contributed by atoms with Crippen molar-refractivity contribution in [2.45, 2.75) is 69.8 Å². The molecule has 2 fully saturated rings. The first-order valence-corrected chi connectivity index (χ1v) is 13.9. The van der Waals surface area contributed by atoms with E-state index in [2.05, 4.69) is 31.6 Å². The van der Waals surface area contributed by atoms with Gasteiger partial charge in [0, 0.05) is 23.8 Å². The third-order valence-corrected chi connectivity index (χ3v) is 8.10. The Kier molecular flexibility index (Phi) is 9.19. The summed E-state index contributed by atoms with van der Waals surface area (Å²) in [6.07, 6.45) is -0.179. The van der Waals surface area contributed by atoms with E-state index in [0.717, 1.165) is 37.0 Å². The lowest BCUT2D eigenvalue weighted by Crippen LogP contribution is -2.54. The maximum Gasteiger partial charge on any atom is 0.418 e. The molecule has 11 heteroatoms. The van der Waals surface area contributed by atoms with Crippen LogP contribution in [0.25, 0.3) is 0 Å². The van der Waals surface area contributed by atoms with Crippen molar-refractivity contribution in [2.24, 2.45) is 5.92 Å². The molecule has 0 bridgehead atoms. The average molecular weight is 575 g/mol. The molecule has 4 atom stereocenters. The fourth-order valence-corrected chi connectivity index (χ4v) is 6.04. The molecular formula is C29H34F3N4O3P. The molecule has 7 nitrogen and oxygen atoms in total. The van der Waals surface area contributed by atoms with E-state index in [1.54, 1.807) is 0 Å². The zero-order valence-corrected chi connectivity index (χ0v) is 23.3. The van der Waals surface area contributed by atoms with Gasteiger partial charge in [-0.05, 0) is 80.4 Å². The number of rotatable bonds is 8. The zero-order valence-electron chi connectivity index (χ0n) is 22.3. The Balaban J connectivity index is 1.36. The minimum atomic E-state index is -4.72. The maximum atomic E-state index is 13.3. The van der Waals surface area contributed by atoms with Crippen molar-refractivity contribution in [3.63, 3.8) is 0 Å². The number of carbonyl (C=O) groups excluding carboxylic acids is 3. The van der Waals surface area contributed by atoms with Crippen LogP contribution in [0.15, 0.2) is 48.5 Å². The lowest BCUT2D eigenvalue weighted by Gasteiger charge is -2.29. The molecule has 1 saturated carbocycles. The van der Waals surface area contributed by atoms with Crippen LogP contribution in [0.1, 0.15) is 60.5 Å². The predicted octanol–water partition coefficient (Wildman–Crippen LogP) is 4.24. The van der Waals surface area contributed by atoms with Gasteiger partial charge in [0.2, 0.25) is 11.8 Å². The second-order valence-electron chi connectivity index (χ2n) is 10.6. The number of alkyl halides is 3. The minimum absolute atomic E-state index is 0.0493. The SMILES string of the molecule is CC(NC(=O)c1ccc(N)c(C(F)(F)F)c1)C(=O)N1CCCC1C(=O)NC1CC(=P)CC1CCc1ccccc1. The highest BCUT2D eigenvalue weighted by Gasteiger charge is 2.39. The minimum Gasteiger partial charge on any atom is -0.398 e. The summed E-state index contributed by atoms with van der Waals surface area (Å²) in [6, 6.07) is 11.3. The summed E-state index contributed by atoms with van der Waals surface area (Å²) < 4.78 is 39.6. The monoisotopic (exact) mass is 574 g/mol. The number of anilines is 1. The van der Waals surface area contributed by atoms with Crippen LogP contribution in [0.5, 0.6) is 0 Å². The molecule has 40 heavy (non-hydrogen) atoms. The predicted molar refractivity (Wildman–Crippen MR) is 150 cm³/mol. The van der Waals surface area contributed by atoms with E-state index in [9.17, 15) is 27.6 Å². The zero-order chi connectivity index (χ0) is 29.0. The average Bonchev–Trinajstić information content (AvgIpc) is 3.53. The van der Waals surface area contributed by atoms with Gasteiger partial charge in [0.1, 0.15) is 12.1 Å². The quantitative estimate of drug-likeness (QED) is 0.324. The Morgan fingerprint density at radius 2 is 1.85 bits per heavy atom. The van der Waals surface area contributed by atoms with Crippen LogP contribution in [0.4, 0.5) is 18.9 Å². The summed E-state index contributed by atoms with van der Waals surface area (Å²) >= 11 is 0. The van der Waals surface area contributed by atoms with Crippen molar-refractivity contribution in [1.29, 1.82) is 0 Å². The number of carbonyl (C=O) groups is 3. The number of nitrogen functional groups attached to an aromatic ring is 1.